The molecular formula is C18H26FN5O2. The summed E-state index contributed by atoms with van der Waals surface area (Å²) in [7, 11) is 0. The lowest BCUT2D eigenvalue weighted by molar-refractivity contribution is -0.132. The van der Waals surface area contributed by atoms with Crippen molar-refractivity contribution in [2.24, 2.45) is 5.73 Å². The van der Waals surface area contributed by atoms with E-state index >= 15 is 0 Å². The van der Waals surface area contributed by atoms with Crippen molar-refractivity contribution in [2.45, 2.75) is 18.9 Å². The van der Waals surface area contributed by atoms with E-state index in [0.29, 0.717) is 12.6 Å². The first-order chi connectivity index (χ1) is 12.5. The van der Waals surface area contributed by atoms with Gasteiger partial charge < -0.3 is 20.9 Å². The molecule has 3 amide bonds. The van der Waals surface area contributed by atoms with Gasteiger partial charge in [0.05, 0.1) is 6.54 Å². The molecule has 7 nitrogen and oxygen atoms in total. The van der Waals surface area contributed by atoms with Gasteiger partial charge in [0.25, 0.3) is 0 Å². The molecule has 8 heteroatoms. The highest BCUT2D eigenvalue weighted by molar-refractivity contribution is 5.83. The normalized spacial score (nSPS) is 21.5. The zero-order valence-electron chi connectivity index (χ0n) is 14.9. The number of halogens is 1. The van der Waals surface area contributed by atoms with Crippen molar-refractivity contribution in [2.75, 3.05) is 50.7 Å². The fourth-order valence-corrected chi connectivity index (χ4v) is 3.75. The van der Waals surface area contributed by atoms with Crippen LogP contribution in [0.3, 0.4) is 0 Å². The maximum absolute atomic E-state index is 13.1. The number of benzene rings is 1. The van der Waals surface area contributed by atoms with E-state index in [1.165, 1.54) is 12.1 Å². The highest BCUT2D eigenvalue weighted by Gasteiger charge is 2.30. The third-order valence-corrected chi connectivity index (χ3v) is 5.19. The van der Waals surface area contributed by atoms with Gasteiger partial charge in [0.2, 0.25) is 5.91 Å². The molecule has 0 radical (unpaired) electrons. The molecule has 0 aliphatic carbocycles. The predicted molar refractivity (Wildman–Crippen MR) is 97.4 cm³/mol. The number of urea groups is 1. The Morgan fingerprint density at radius 3 is 2.46 bits per heavy atom. The minimum absolute atomic E-state index is 0.0413. The second-order valence-corrected chi connectivity index (χ2v) is 6.85. The lowest BCUT2D eigenvalue weighted by atomic mass is 10.0. The quantitative estimate of drug-likeness (QED) is 0.821. The van der Waals surface area contributed by atoms with Gasteiger partial charge in [-0.25, -0.2) is 9.18 Å². The highest BCUT2D eigenvalue weighted by atomic mass is 19.1. The van der Waals surface area contributed by atoms with Crippen LogP contribution >= 0.6 is 0 Å². The van der Waals surface area contributed by atoms with Crippen molar-refractivity contribution < 1.29 is 14.0 Å². The smallest absolute Gasteiger partial charge is 0.312 e. The predicted octanol–water partition coefficient (Wildman–Crippen LogP) is 0.607. The van der Waals surface area contributed by atoms with E-state index in [1.54, 1.807) is 0 Å². The average Bonchev–Trinajstić information content (AvgIpc) is 2.67. The molecule has 1 atom stereocenters. The van der Waals surface area contributed by atoms with Crippen molar-refractivity contribution in [3.63, 3.8) is 0 Å². The van der Waals surface area contributed by atoms with E-state index in [-0.39, 0.29) is 18.3 Å². The number of primary amides is 1. The van der Waals surface area contributed by atoms with Crippen LogP contribution in [-0.2, 0) is 4.79 Å². The maximum atomic E-state index is 13.1. The van der Waals surface area contributed by atoms with Gasteiger partial charge >= 0.3 is 6.03 Å². The van der Waals surface area contributed by atoms with Crippen LogP contribution in [-0.4, -0.2) is 73.6 Å². The monoisotopic (exact) mass is 363 g/mol. The molecule has 0 spiro atoms. The Bertz CT molecular complexity index is 631. The Balaban J connectivity index is 1.50. The molecule has 0 bridgehead atoms. The van der Waals surface area contributed by atoms with E-state index in [9.17, 15) is 14.0 Å². The molecule has 3 rings (SSSR count). The molecule has 2 fully saturated rings. The van der Waals surface area contributed by atoms with Gasteiger partial charge in [-0.3, -0.25) is 9.69 Å². The first-order valence-corrected chi connectivity index (χ1v) is 9.08. The second kappa shape index (κ2) is 8.35. The van der Waals surface area contributed by atoms with E-state index < -0.39 is 6.03 Å². The lowest BCUT2D eigenvalue weighted by Gasteiger charge is -2.44. The van der Waals surface area contributed by atoms with Gasteiger partial charge in [0.15, 0.2) is 0 Å². The molecule has 3 N–H and O–H groups in total. The van der Waals surface area contributed by atoms with Gasteiger partial charge in [-0.15, -0.1) is 0 Å². The van der Waals surface area contributed by atoms with Crippen LogP contribution in [0.15, 0.2) is 24.3 Å². The van der Waals surface area contributed by atoms with Crippen molar-refractivity contribution in [1.82, 2.24) is 15.1 Å². The zero-order chi connectivity index (χ0) is 18.5. The van der Waals surface area contributed by atoms with Crippen LogP contribution in [0.1, 0.15) is 12.8 Å². The summed E-state index contributed by atoms with van der Waals surface area (Å²) >= 11 is 0. The molecule has 26 heavy (non-hydrogen) atoms. The van der Waals surface area contributed by atoms with Gasteiger partial charge in [-0.05, 0) is 37.1 Å². The molecule has 2 heterocycles. The molecule has 1 aromatic carbocycles. The van der Waals surface area contributed by atoms with Gasteiger partial charge in [0, 0.05) is 51.0 Å². The number of hydrogen-bond acceptors (Lipinski definition) is 4. The summed E-state index contributed by atoms with van der Waals surface area (Å²) < 4.78 is 13.1. The third-order valence-electron chi connectivity index (χ3n) is 5.19. The number of rotatable bonds is 4. The fourth-order valence-electron chi connectivity index (χ4n) is 3.75. The number of hydrogen-bond donors (Lipinski definition) is 2. The first-order valence-electron chi connectivity index (χ1n) is 9.08. The number of nitrogens with two attached hydrogens (primary N) is 1. The topological polar surface area (TPSA) is 81.9 Å². The standard InChI is InChI=1S/C18H26FN5O2/c19-14-3-5-15(6-4-14)22-8-10-23(11-9-22)16-2-1-7-24(13-16)17(25)12-21-18(20)26/h3-6,16H,1-2,7-13H2,(H3,20,21,26)/t16-/m1/s1. The minimum Gasteiger partial charge on any atom is -0.369 e. The molecule has 2 saturated heterocycles. The Kier molecular flexibility index (Phi) is 5.92. The number of carbonyl (C=O) groups excluding carboxylic acids is 2. The largest absolute Gasteiger partial charge is 0.369 e. The minimum atomic E-state index is -0.677. The SMILES string of the molecule is NC(=O)NCC(=O)N1CCC[C@@H](N2CCN(c3ccc(F)cc3)CC2)C1. The van der Waals surface area contributed by atoms with Crippen molar-refractivity contribution in [3.8, 4) is 0 Å². The zero-order valence-corrected chi connectivity index (χ0v) is 14.9. The molecule has 142 valence electrons. The summed E-state index contributed by atoms with van der Waals surface area (Å²) in [6.45, 7) is 4.99. The number of nitrogens with zero attached hydrogens (tertiary/aromatic N) is 3. The van der Waals surface area contributed by atoms with E-state index in [0.717, 1.165) is 51.3 Å². The lowest BCUT2D eigenvalue weighted by Crippen LogP contribution is -2.56. The average molecular weight is 363 g/mol. The highest BCUT2D eigenvalue weighted by Crippen LogP contribution is 2.21. The molecule has 2 aliphatic heterocycles. The summed E-state index contributed by atoms with van der Waals surface area (Å²) in [4.78, 5) is 29.5. The molecule has 2 aliphatic rings. The van der Waals surface area contributed by atoms with Crippen molar-refractivity contribution in [1.29, 1.82) is 0 Å². The van der Waals surface area contributed by atoms with Crippen molar-refractivity contribution >= 4 is 17.6 Å². The number of piperidine rings is 1. The maximum Gasteiger partial charge on any atom is 0.312 e. The number of amides is 3. The van der Waals surface area contributed by atoms with Crippen LogP contribution in [0.25, 0.3) is 0 Å². The number of likely N-dealkylation sites (tertiary alicyclic amines) is 1. The van der Waals surface area contributed by atoms with Crippen LogP contribution in [0.4, 0.5) is 14.9 Å². The summed E-state index contributed by atoms with van der Waals surface area (Å²) in [5, 5.41) is 2.37. The number of piperazine rings is 1. The molecular weight excluding hydrogens is 337 g/mol. The molecule has 0 aromatic heterocycles. The Morgan fingerprint density at radius 1 is 1.12 bits per heavy atom. The summed E-state index contributed by atoms with van der Waals surface area (Å²) in [6, 6.07) is 6.29. The first kappa shape index (κ1) is 18.4. The van der Waals surface area contributed by atoms with E-state index in [2.05, 4.69) is 15.1 Å². The van der Waals surface area contributed by atoms with Gasteiger partial charge in [-0.1, -0.05) is 0 Å². The molecule has 0 saturated carbocycles. The molecule has 1 aromatic rings. The van der Waals surface area contributed by atoms with E-state index in [4.69, 9.17) is 5.73 Å². The van der Waals surface area contributed by atoms with Gasteiger partial charge in [-0.2, -0.15) is 0 Å². The van der Waals surface area contributed by atoms with Gasteiger partial charge in [0.1, 0.15) is 5.82 Å². The number of nitrogens with one attached hydrogen (secondary N) is 1. The molecule has 0 unspecified atom stereocenters. The van der Waals surface area contributed by atoms with E-state index in [1.807, 2.05) is 17.0 Å². The second-order valence-electron chi connectivity index (χ2n) is 6.85. The Hall–Kier alpha value is -2.35. The Labute approximate surface area is 152 Å². The van der Waals surface area contributed by atoms with Crippen LogP contribution in [0.5, 0.6) is 0 Å². The summed E-state index contributed by atoms with van der Waals surface area (Å²) in [5.41, 5.74) is 6.07. The fraction of sp³-hybridized carbons (Fsp3) is 0.556. The van der Waals surface area contributed by atoms with Crippen LogP contribution < -0.4 is 16.0 Å². The number of carbonyl (C=O) groups is 2. The Morgan fingerprint density at radius 2 is 1.81 bits per heavy atom. The van der Waals surface area contributed by atoms with Crippen molar-refractivity contribution in [3.05, 3.63) is 30.1 Å². The summed E-state index contributed by atoms with van der Waals surface area (Å²) in [6.07, 6.45) is 2.04. The third kappa shape index (κ3) is 4.63. The number of anilines is 1. The summed E-state index contributed by atoms with van der Waals surface area (Å²) in [5.74, 6) is -0.302. The van der Waals surface area contributed by atoms with Crippen LogP contribution in [0.2, 0.25) is 0 Å². The van der Waals surface area contributed by atoms with Crippen LogP contribution in [0, 0.1) is 5.82 Å².